The van der Waals surface area contributed by atoms with E-state index >= 15 is 0 Å². The second-order valence-corrected chi connectivity index (χ2v) is 7.38. The molecule has 1 amide bonds. The first-order valence-electron chi connectivity index (χ1n) is 10.1. The molecule has 1 atom stereocenters. The zero-order valence-electron chi connectivity index (χ0n) is 17.7. The molecule has 6 heteroatoms. The lowest BCUT2D eigenvalue weighted by atomic mass is 10.0. The molecule has 3 aromatic rings. The van der Waals surface area contributed by atoms with E-state index in [4.69, 9.17) is 15.5 Å². The van der Waals surface area contributed by atoms with E-state index in [1.807, 2.05) is 6.92 Å². The van der Waals surface area contributed by atoms with Crippen LogP contribution in [0.2, 0.25) is 0 Å². The Morgan fingerprint density at radius 3 is 2.59 bits per heavy atom. The monoisotopic (exact) mass is 394 g/mol. The van der Waals surface area contributed by atoms with Gasteiger partial charge >= 0.3 is 0 Å². The van der Waals surface area contributed by atoms with E-state index < -0.39 is 6.04 Å². The van der Waals surface area contributed by atoms with Crippen molar-refractivity contribution in [3.63, 3.8) is 0 Å². The Balaban J connectivity index is 1.98. The Labute approximate surface area is 172 Å². The quantitative estimate of drug-likeness (QED) is 0.546. The Hall–Kier alpha value is -2.70. The van der Waals surface area contributed by atoms with Crippen molar-refractivity contribution in [1.29, 1.82) is 0 Å². The highest BCUT2D eigenvalue weighted by molar-refractivity contribution is 5.83. The number of fused-ring (bicyclic) bond motifs is 1. The van der Waals surface area contributed by atoms with Gasteiger partial charge < -0.3 is 15.0 Å². The molecule has 1 heterocycles. The Morgan fingerprint density at radius 2 is 1.90 bits per heavy atom. The molecule has 3 rings (SSSR count). The van der Waals surface area contributed by atoms with Crippen molar-refractivity contribution >= 4 is 16.9 Å². The van der Waals surface area contributed by atoms with Gasteiger partial charge in [-0.15, -0.1) is 0 Å². The van der Waals surface area contributed by atoms with Gasteiger partial charge in [-0.3, -0.25) is 10.1 Å². The number of amides is 1. The fourth-order valence-electron chi connectivity index (χ4n) is 3.30. The number of nitrogens with one attached hydrogen (secondary N) is 1. The van der Waals surface area contributed by atoms with Gasteiger partial charge in [0.2, 0.25) is 5.91 Å². The van der Waals surface area contributed by atoms with E-state index in [1.54, 1.807) is 6.92 Å². The molecule has 154 valence electrons. The number of hydrogen-bond acceptors (Lipinski definition) is 4. The SMILES string of the molecule is CCOCCn1c(CNC(C)C(N)=O)nc2ccc(-c3ccc(C)c(C)c3)cc21. The molecule has 0 saturated heterocycles. The predicted octanol–water partition coefficient (Wildman–Crippen LogP) is 3.32. The number of nitrogens with zero attached hydrogens (tertiary/aromatic N) is 2. The summed E-state index contributed by atoms with van der Waals surface area (Å²) in [6.45, 7) is 10.4. The third-order valence-electron chi connectivity index (χ3n) is 5.32. The Kier molecular flexibility index (Phi) is 6.67. The number of carbonyl (C=O) groups excluding carboxylic acids is 1. The van der Waals surface area contributed by atoms with Gasteiger partial charge in [0.15, 0.2) is 0 Å². The molecule has 0 spiro atoms. The predicted molar refractivity (Wildman–Crippen MR) is 117 cm³/mol. The normalized spacial score (nSPS) is 12.4. The first-order valence-corrected chi connectivity index (χ1v) is 10.1. The fourth-order valence-corrected chi connectivity index (χ4v) is 3.30. The van der Waals surface area contributed by atoms with Crippen LogP contribution < -0.4 is 11.1 Å². The van der Waals surface area contributed by atoms with Crippen LogP contribution in [0.3, 0.4) is 0 Å². The Morgan fingerprint density at radius 1 is 1.17 bits per heavy atom. The van der Waals surface area contributed by atoms with Crippen molar-refractivity contribution in [3.05, 3.63) is 53.3 Å². The molecular weight excluding hydrogens is 364 g/mol. The van der Waals surface area contributed by atoms with Crippen LogP contribution >= 0.6 is 0 Å². The average Bonchev–Trinajstić information content (AvgIpc) is 3.05. The lowest BCUT2D eigenvalue weighted by Gasteiger charge is -2.13. The first-order chi connectivity index (χ1) is 13.9. The van der Waals surface area contributed by atoms with Crippen molar-refractivity contribution in [1.82, 2.24) is 14.9 Å². The summed E-state index contributed by atoms with van der Waals surface area (Å²) in [4.78, 5) is 16.1. The molecule has 0 aliphatic heterocycles. The van der Waals surface area contributed by atoms with Crippen LogP contribution in [0.25, 0.3) is 22.2 Å². The van der Waals surface area contributed by atoms with E-state index in [1.165, 1.54) is 16.7 Å². The van der Waals surface area contributed by atoms with Gasteiger partial charge in [-0.25, -0.2) is 4.98 Å². The van der Waals surface area contributed by atoms with Crippen LogP contribution in [0, 0.1) is 13.8 Å². The molecule has 0 aliphatic rings. The van der Waals surface area contributed by atoms with Crippen LogP contribution in [0.15, 0.2) is 36.4 Å². The average molecular weight is 395 g/mol. The summed E-state index contributed by atoms with van der Waals surface area (Å²) < 4.78 is 7.74. The second-order valence-electron chi connectivity index (χ2n) is 7.38. The summed E-state index contributed by atoms with van der Waals surface area (Å²) in [6, 6.07) is 12.5. The summed E-state index contributed by atoms with van der Waals surface area (Å²) in [5.74, 6) is 0.490. The number of carbonyl (C=O) groups is 1. The van der Waals surface area contributed by atoms with Crippen LogP contribution in [0.1, 0.15) is 30.8 Å². The van der Waals surface area contributed by atoms with E-state index in [9.17, 15) is 4.79 Å². The zero-order chi connectivity index (χ0) is 21.0. The number of ether oxygens (including phenoxy) is 1. The molecular formula is C23H30N4O2. The smallest absolute Gasteiger partial charge is 0.234 e. The lowest BCUT2D eigenvalue weighted by Crippen LogP contribution is -2.38. The summed E-state index contributed by atoms with van der Waals surface area (Å²) >= 11 is 0. The molecule has 0 aliphatic carbocycles. The van der Waals surface area contributed by atoms with Crippen LogP contribution in [0.4, 0.5) is 0 Å². The maximum Gasteiger partial charge on any atom is 0.234 e. The minimum atomic E-state index is -0.416. The topological polar surface area (TPSA) is 82.2 Å². The minimum absolute atomic E-state index is 0.376. The molecule has 3 N–H and O–H groups in total. The molecule has 0 radical (unpaired) electrons. The molecule has 29 heavy (non-hydrogen) atoms. The van der Waals surface area contributed by atoms with Gasteiger partial charge in [-0.1, -0.05) is 24.3 Å². The fraction of sp³-hybridized carbons (Fsp3) is 0.391. The van der Waals surface area contributed by atoms with E-state index in [2.05, 4.69) is 60.1 Å². The van der Waals surface area contributed by atoms with Crippen LogP contribution in [0.5, 0.6) is 0 Å². The number of nitrogens with two attached hydrogens (primary N) is 1. The van der Waals surface area contributed by atoms with Crippen molar-refractivity contribution in [2.24, 2.45) is 5.73 Å². The highest BCUT2D eigenvalue weighted by Crippen LogP contribution is 2.27. The van der Waals surface area contributed by atoms with Gasteiger partial charge in [0.25, 0.3) is 0 Å². The van der Waals surface area contributed by atoms with Gasteiger partial charge in [0.05, 0.1) is 30.2 Å². The van der Waals surface area contributed by atoms with E-state index in [0.29, 0.717) is 26.3 Å². The number of benzene rings is 2. The van der Waals surface area contributed by atoms with Crippen LogP contribution in [-0.2, 0) is 22.6 Å². The molecule has 2 aromatic carbocycles. The van der Waals surface area contributed by atoms with Crippen molar-refractivity contribution < 1.29 is 9.53 Å². The summed E-state index contributed by atoms with van der Waals surface area (Å²) in [5, 5.41) is 3.15. The van der Waals surface area contributed by atoms with Gasteiger partial charge in [0.1, 0.15) is 5.82 Å². The van der Waals surface area contributed by atoms with Crippen molar-refractivity contribution in [3.8, 4) is 11.1 Å². The second kappa shape index (κ2) is 9.20. The summed E-state index contributed by atoms with van der Waals surface area (Å²) in [7, 11) is 0. The maximum atomic E-state index is 11.4. The highest BCUT2D eigenvalue weighted by Gasteiger charge is 2.14. The Bertz CT molecular complexity index is 1010. The molecule has 0 fully saturated rings. The first kappa shape index (κ1) is 21.0. The largest absolute Gasteiger partial charge is 0.380 e. The molecule has 0 saturated carbocycles. The lowest BCUT2D eigenvalue weighted by molar-refractivity contribution is -0.119. The number of rotatable bonds is 9. The van der Waals surface area contributed by atoms with E-state index in [0.717, 1.165) is 22.4 Å². The van der Waals surface area contributed by atoms with Gasteiger partial charge in [-0.2, -0.15) is 0 Å². The molecule has 1 aromatic heterocycles. The van der Waals surface area contributed by atoms with Gasteiger partial charge in [0, 0.05) is 13.2 Å². The van der Waals surface area contributed by atoms with Crippen LogP contribution in [-0.4, -0.2) is 34.7 Å². The number of aryl methyl sites for hydroxylation is 2. The third-order valence-corrected chi connectivity index (χ3v) is 5.32. The number of imidazole rings is 1. The van der Waals surface area contributed by atoms with Gasteiger partial charge in [-0.05, 0) is 62.1 Å². The minimum Gasteiger partial charge on any atom is -0.380 e. The standard InChI is InChI=1S/C23H30N4O2/c1-5-29-11-10-27-21-13-19(18-7-6-15(2)16(3)12-18)8-9-20(21)26-22(27)14-25-17(4)23(24)28/h6-9,12-13,17,25H,5,10-11,14H2,1-4H3,(H2,24,28). The number of primary amides is 1. The van der Waals surface area contributed by atoms with E-state index in [-0.39, 0.29) is 5.91 Å². The summed E-state index contributed by atoms with van der Waals surface area (Å²) in [5.41, 5.74) is 12.3. The van der Waals surface area contributed by atoms with Crippen molar-refractivity contribution in [2.45, 2.75) is 46.8 Å². The molecule has 0 bridgehead atoms. The highest BCUT2D eigenvalue weighted by atomic mass is 16.5. The number of hydrogen-bond donors (Lipinski definition) is 2. The maximum absolute atomic E-state index is 11.4. The van der Waals surface area contributed by atoms with Crippen molar-refractivity contribution in [2.75, 3.05) is 13.2 Å². The molecule has 6 nitrogen and oxygen atoms in total. The zero-order valence-corrected chi connectivity index (χ0v) is 17.7. The summed E-state index contributed by atoms with van der Waals surface area (Å²) in [6.07, 6.45) is 0. The third kappa shape index (κ3) is 4.83. The number of aromatic nitrogens is 2. The molecule has 1 unspecified atom stereocenters.